The van der Waals surface area contributed by atoms with Gasteiger partial charge in [0.2, 0.25) is 0 Å². The van der Waals surface area contributed by atoms with Crippen LogP contribution in [0.15, 0.2) is 0 Å². The van der Waals surface area contributed by atoms with Crippen molar-refractivity contribution in [3.05, 3.63) is 11.3 Å². The number of anilines is 1. The van der Waals surface area contributed by atoms with E-state index in [0.717, 1.165) is 24.1 Å². The number of H-pyrrole nitrogens is 1. The predicted molar refractivity (Wildman–Crippen MR) is 47.7 cm³/mol. The Kier molecular flexibility index (Phi) is 3.10. The third kappa shape index (κ3) is 1.76. The zero-order valence-electron chi connectivity index (χ0n) is 7.55. The Bertz CT molecular complexity index is 244. The van der Waals surface area contributed by atoms with Crippen LogP contribution in [0.2, 0.25) is 0 Å². The molecule has 1 aromatic heterocycles. The van der Waals surface area contributed by atoms with Gasteiger partial charge in [-0.25, -0.2) is 0 Å². The molecule has 3 N–H and O–H groups in total. The van der Waals surface area contributed by atoms with E-state index in [9.17, 15) is 0 Å². The SMILES string of the molecule is CCCc1c(N)n[nH]c1COC. The summed E-state index contributed by atoms with van der Waals surface area (Å²) in [5, 5.41) is 6.79. The van der Waals surface area contributed by atoms with Crippen molar-refractivity contribution in [3.8, 4) is 0 Å². The zero-order chi connectivity index (χ0) is 8.97. The molecule has 68 valence electrons. The molecule has 4 heteroatoms. The molecule has 0 radical (unpaired) electrons. The molecular formula is C8H15N3O. The predicted octanol–water partition coefficient (Wildman–Crippen LogP) is 1.09. The fourth-order valence-electron chi connectivity index (χ4n) is 1.21. The second-order valence-electron chi connectivity index (χ2n) is 2.75. The van der Waals surface area contributed by atoms with Crippen LogP contribution in [0.5, 0.6) is 0 Å². The van der Waals surface area contributed by atoms with Crippen molar-refractivity contribution in [1.29, 1.82) is 0 Å². The molecule has 1 aromatic rings. The molecule has 0 atom stereocenters. The van der Waals surface area contributed by atoms with Gasteiger partial charge in [0.05, 0.1) is 12.3 Å². The van der Waals surface area contributed by atoms with Crippen LogP contribution in [-0.2, 0) is 17.8 Å². The molecule has 0 fully saturated rings. The normalized spacial score (nSPS) is 10.5. The van der Waals surface area contributed by atoms with Crippen LogP contribution < -0.4 is 5.73 Å². The Morgan fingerprint density at radius 2 is 2.33 bits per heavy atom. The molecular weight excluding hydrogens is 154 g/mol. The highest BCUT2D eigenvalue weighted by molar-refractivity contribution is 5.41. The summed E-state index contributed by atoms with van der Waals surface area (Å²) < 4.78 is 5.00. The molecule has 0 saturated carbocycles. The van der Waals surface area contributed by atoms with Crippen LogP contribution in [0.25, 0.3) is 0 Å². The lowest BCUT2D eigenvalue weighted by atomic mass is 10.1. The van der Waals surface area contributed by atoms with Crippen molar-refractivity contribution in [2.24, 2.45) is 0 Å². The van der Waals surface area contributed by atoms with Gasteiger partial charge < -0.3 is 10.5 Å². The second-order valence-corrected chi connectivity index (χ2v) is 2.75. The molecule has 4 nitrogen and oxygen atoms in total. The molecule has 0 aliphatic rings. The molecule has 1 heterocycles. The Morgan fingerprint density at radius 1 is 1.58 bits per heavy atom. The average Bonchev–Trinajstić information content (AvgIpc) is 2.37. The standard InChI is InChI=1S/C8H15N3O/c1-3-4-6-7(5-12-2)10-11-8(6)9/h3-5H2,1-2H3,(H3,9,10,11). The van der Waals surface area contributed by atoms with Crippen LogP contribution in [0, 0.1) is 0 Å². The summed E-state index contributed by atoms with van der Waals surface area (Å²) in [6.45, 7) is 2.67. The second kappa shape index (κ2) is 4.11. The quantitative estimate of drug-likeness (QED) is 0.709. The van der Waals surface area contributed by atoms with Crippen LogP contribution in [-0.4, -0.2) is 17.3 Å². The largest absolute Gasteiger partial charge is 0.382 e. The highest BCUT2D eigenvalue weighted by atomic mass is 16.5. The maximum atomic E-state index is 5.66. The van der Waals surface area contributed by atoms with Gasteiger partial charge in [-0.15, -0.1) is 0 Å². The van der Waals surface area contributed by atoms with Crippen molar-refractivity contribution in [1.82, 2.24) is 10.2 Å². The van der Waals surface area contributed by atoms with Gasteiger partial charge in [-0.05, 0) is 6.42 Å². The van der Waals surface area contributed by atoms with Crippen molar-refractivity contribution in [2.75, 3.05) is 12.8 Å². The molecule has 0 bridgehead atoms. The summed E-state index contributed by atoms with van der Waals surface area (Å²) in [4.78, 5) is 0. The summed E-state index contributed by atoms with van der Waals surface area (Å²) in [7, 11) is 1.66. The maximum absolute atomic E-state index is 5.66. The summed E-state index contributed by atoms with van der Waals surface area (Å²) in [5.41, 5.74) is 7.75. The van der Waals surface area contributed by atoms with Gasteiger partial charge in [0.25, 0.3) is 0 Å². The monoisotopic (exact) mass is 169 g/mol. The van der Waals surface area contributed by atoms with E-state index in [1.165, 1.54) is 0 Å². The lowest BCUT2D eigenvalue weighted by Crippen LogP contribution is -1.96. The van der Waals surface area contributed by atoms with E-state index in [4.69, 9.17) is 10.5 Å². The van der Waals surface area contributed by atoms with E-state index in [-0.39, 0.29) is 0 Å². The van der Waals surface area contributed by atoms with Crippen molar-refractivity contribution in [2.45, 2.75) is 26.4 Å². The molecule has 1 rings (SSSR count). The number of nitrogens with one attached hydrogen (secondary N) is 1. The number of ether oxygens (including phenoxy) is 1. The van der Waals surface area contributed by atoms with Gasteiger partial charge >= 0.3 is 0 Å². The van der Waals surface area contributed by atoms with E-state index in [2.05, 4.69) is 17.1 Å². The number of aromatic nitrogens is 2. The third-order valence-electron chi connectivity index (χ3n) is 1.77. The minimum absolute atomic E-state index is 0.555. The summed E-state index contributed by atoms with van der Waals surface area (Å²) >= 11 is 0. The Morgan fingerprint density at radius 3 is 2.92 bits per heavy atom. The van der Waals surface area contributed by atoms with Gasteiger partial charge in [0, 0.05) is 12.7 Å². The van der Waals surface area contributed by atoms with Crippen molar-refractivity contribution in [3.63, 3.8) is 0 Å². The van der Waals surface area contributed by atoms with Crippen molar-refractivity contribution < 1.29 is 4.74 Å². The maximum Gasteiger partial charge on any atom is 0.148 e. The highest BCUT2D eigenvalue weighted by Crippen LogP contribution is 2.15. The number of hydrogen-bond acceptors (Lipinski definition) is 3. The number of hydrogen-bond donors (Lipinski definition) is 2. The fraction of sp³-hybridized carbons (Fsp3) is 0.625. The van der Waals surface area contributed by atoms with E-state index >= 15 is 0 Å². The van der Waals surface area contributed by atoms with Gasteiger partial charge in [-0.3, -0.25) is 5.10 Å². The number of rotatable bonds is 4. The average molecular weight is 169 g/mol. The Hall–Kier alpha value is -1.03. The highest BCUT2D eigenvalue weighted by Gasteiger charge is 2.08. The van der Waals surface area contributed by atoms with Gasteiger partial charge in [0.15, 0.2) is 0 Å². The third-order valence-corrected chi connectivity index (χ3v) is 1.77. The van der Waals surface area contributed by atoms with Crippen molar-refractivity contribution >= 4 is 5.82 Å². The molecule has 12 heavy (non-hydrogen) atoms. The fourth-order valence-corrected chi connectivity index (χ4v) is 1.21. The molecule has 0 aliphatic carbocycles. The van der Waals surface area contributed by atoms with E-state index in [1.807, 2.05) is 0 Å². The summed E-state index contributed by atoms with van der Waals surface area (Å²) in [6.07, 6.45) is 2.03. The molecule has 0 saturated heterocycles. The van der Waals surface area contributed by atoms with Crippen LogP contribution in [0.1, 0.15) is 24.6 Å². The first kappa shape index (κ1) is 9.06. The topological polar surface area (TPSA) is 63.9 Å². The smallest absolute Gasteiger partial charge is 0.148 e. The van der Waals surface area contributed by atoms with Crippen LogP contribution in [0.3, 0.4) is 0 Å². The van der Waals surface area contributed by atoms with Gasteiger partial charge in [0.1, 0.15) is 5.82 Å². The van der Waals surface area contributed by atoms with Crippen LogP contribution in [0.4, 0.5) is 5.82 Å². The molecule has 0 spiro atoms. The number of nitrogens with zero attached hydrogens (tertiary/aromatic N) is 1. The minimum Gasteiger partial charge on any atom is -0.382 e. The van der Waals surface area contributed by atoms with E-state index < -0.39 is 0 Å². The number of nitrogens with two attached hydrogens (primary N) is 1. The Balaban J connectivity index is 2.80. The Labute approximate surface area is 72.1 Å². The van der Waals surface area contributed by atoms with Gasteiger partial charge in [-0.1, -0.05) is 13.3 Å². The molecule has 0 amide bonds. The zero-order valence-corrected chi connectivity index (χ0v) is 7.55. The summed E-state index contributed by atoms with van der Waals surface area (Å²) in [6, 6.07) is 0. The minimum atomic E-state index is 0.555. The first-order valence-electron chi connectivity index (χ1n) is 4.10. The van der Waals surface area contributed by atoms with E-state index in [1.54, 1.807) is 7.11 Å². The summed E-state index contributed by atoms with van der Waals surface area (Å²) in [5.74, 6) is 0.601. The van der Waals surface area contributed by atoms with Gasteiger partial charge in [-0.2, -0.15) is 5.10 Å². The molecule has 0 unspecified atom stereocenters. The first-order chi connectivity index (χ1) is 5.79. The first-order valence-corrected chi connectivity index (χ1v) is 4.10. The van der Waals surface area contributed by atoms with Crippen LogP contribution >= 0.6 is 0 Å². The number of aromatic amines is 1. The lowest BCUT2D eigenvalue weighted by Gasteiger charge is -2.00. The number of methoxy groups -OCH3 is 1. The lowest BCUT2D eigenvalue weighted by molar-refractivity contribution is 0.180. The number of nitrogen functional groups attached to an aromatic ring is 1. The van der Waals surface area contributed by atoms with E-state index in [0.29, 0.717) is 12.4 Å². The molecule has 0 aliphatic heterocycles. The molecule has 0 aromatic carbocycles.